The zero-order valence-electron chi connectivity index (χ0n) is 8.69. The molecule has 0 aliphatic carbocycles. The third kappa shape index (κ3) is 2.36. The van der Waals surface area contributed by atoms with Gasteiger partial charge in [-0.2, -0.15) is 0 Å². The number of carboxylic acids is 1. The number of halogens is 1. The van der Waals surface area contributed by atoms with Crippen LogP contribution in [0.1, 0.15) is 12.8 Å². The van der Waals surface area contributed by atoms with Crippen LogP contribution in [-0.4, -0.2) is 15.6 Å². The molecular formula is C12H12ClNO2. The summed E-state index contributed by atoms with van der Waals surface area (Å²) in [6.45, 7) is 0.720. The summed E-state index contributed by atoms with van der Waals surface area (Å²) in [6.07, 6.45) is 2.80. The molecule has 1 N–H and O–H groups in total. The summed E-state index contributed by atoms with van der Waals surface area (Å²) in [5, 5.41) is 10.4. The van der Waals surface area contributed by atoms with E-state index >= 15 is 0 Å². The fourth-order valence-corrected chi connectivity index (χ4v) is 1.95. The standard InChI is InChI=1S/C12H12ClNO2/c13-10-3-4-11-9(8-10)5-7-14(11)6-1-2-12(15)16/h3-5,7-8H,1-2,6H2,(H,15,16). The van der Waals surface area contributed by atoms with Crippen molar-refractivity contribution >= 4 is 28.5 Å². The third-order valence-electron chi connectivity index (χ3n) is 2.52. The van der Waals surface area contributed by atoms with Gasteiger partial charge >= 0.3 is 5.97 Å². The molecule has 0 spiro atoms. The summed E-state index contributed by atoms with van der Waals surface area (Å²) in [5.41, 5.74) is 1.09. The number of aliphatic carboxylic acids is 1. The number of hydrogen-bond acceptors (Lipinski definition) is 1. The van der Waals surface area contributed by atoms with Gasteiger partial charge in [-0.25, -0.2) is 0 Å². The first kappa shape index (κ1) is 11.0. The Morgan fingerprint density at radius 3 is 2.94 bits per heavy atom. The van der Waals surface area contributed by atoms with Crippen molar-refractivity contribution in [1.29, 1.82) is 0 Å². The highest BCUT2D eigenvalue weighted by molar-refractivity contribution is 6.31. The molecule has 0 aliphatic heterocycles. The van der Waals surface area contributed by atoms with Crippen LogP contribution in [0, 0.1) is 0 Å². The molecule has 1 aromatic heterocycles. The average Bonchev–Trinajstić information content (AvgIpc) is 2.60. The van der Waals surface area contributed by atoms with E-state index in [1.54, 1.807) is 0 Å². The van der Waals surface area contributed by atoms with E-state index in [1.807, 2.05) is 30.5 Å². The highest BCUT2D eigenvalue weighted by atomic mass is 35.5. The molecule has 0 atom stereocenters. The van der Waals surface area contributed by atoms with Gasteiger partial charge in [0.05, 0.1) is 0 Å². The lowest BCUT2D eigenvalue weighted by molar-refractivity contribution is -0.137. The number of carbonyl (C=O) groups is 1. The van der Waals surface area contributed by atoms with Crippen LogP contribution in [0.2, 0.25) is 5.02 Å². The Hall–Kier alpha value is -1.48. The number of fused-ring (bicyclic) bond motifs is 1. The van der Waals surface area contributed by atoms with Crippen molar-refractivity contribution in [2.45, 2.75) is 19.4 Å². The minimum Gasteiger partial charge on any atom is -0.481 e. The van der Waals surface area contributed by atoms with Crippen LogP contribution in [-0.2, 0) is 11.3 Å². The molecule has 0 radical (unpaired) electrons. The Bertz CT molecular complexity index is 519. The summed E-state index contributed by atoms with van der Waals surface area (Å²) in [4.78, 5) is 10.4. The Kier molecular flexibility index (Phi) is 3.15. The van der Waals surface area contributed by atoms with E-state index in [0.717, 1.165) is 22.5 Å². The third-order valence-corrected chi connectivity index (χ3v) is 2.76. The van der Waals surface area contributed by atoms with Gasteiger partial charge in [-0.1, -0.05) is 11.6 Å². The number of aromatic nitrogens is 1. The molecule has 0 saturated carbocycles. The fraction of sp³-hybridized carbons (Fsp3) is 0.250. The van der Waals surface area contributed by atoms with Gasteiger partial charge in [0.15, 0.2) is 0 Å². The molecule has 0 bridgehead atoms. The van der Waals surface area contributed by atoms with E-state index in [9.17, 15) is 4.79 Å². The van der Waals surface area contributed by atoms with Crippen LogP contribution < -0.4 is 0 Å². The Labute approximate surface area is 98.3 Å². The van der Waals surface area contributed by atoms with Crippen molar-refractivity contribution in [3.63, 3.8) is 0 Å². The number of carboxylic acid groups (broad SMARTS) is 1. The summed E-state index contributed by atoms with van der Waals surface area (Å²) >= 11 is 5.89. The van der Waals surface area contributed by atoms with Gasteiger partial charge < -0.3 is 9.67 Å². The van der Waals surface area contributed by atoms with Crippen LogP contribution >= 0.6 is 11.6 Å². The highest BCUT2D eigenvalue weighted by Crippen LogP contribution is 2.20. The first-order valence-corrected chi connectivity index (χ1v) is 5.51. The van der Waals surface area contributed by atoms with E-state index in [1.165, 1.54) is 0 Å². The van der Waals surface area contributed by atoms with Crippen molar-refractivity contribution in [3.05, 3.63) is 35.5 Å². The first-order valence-electron chi connectivity index (χ1n) is 5.13. The SMILES string of the molecule is O=C(O)CCCn1ccc2cc(Cl)ccc21. The normalized spacial score (nSPS) is 10.8. The van der Waals surface area contributed by atoms with Gasteiger partial charge in [0.1, 0.15) is 0 Å². The topological polar surface area (TPSA) is 42.2 Å². The van der Waals surface area contributed by atoms with Gasteiger partial charge in [-0.05, 0) is 30.7 Å². The maximum absolute atomic E-state index is 10.4. The molecule has 2 aromatic rings. The Balaban J connectivity index is 2.15. The quantitative estimate of drug-likeness (QED) is 0.888. The van der Waals surface area contributed by atoms with E-state index in [0.29, 0.717) is 6.42 Å². The summed E-state index contributed by atoms with van der Waals surface area (Å²) in [7, 11) is 0. The second-order valence-electron chi connectivity index (χ2n) is 3.71. The maximum atomic E-state index is 10.4. The monoisotopic (exact) mass is 237 g/mol. The zero-order valence-corrected chi connectivity index (χ0v) is 9.44. The van der Waals surface area contributed by atoms with E-state index in [2.05, 4.69) is 4.57 Å². The van der Waals surface area contributed by atoms with Gasteiger partial charge in [-0.15, -0.1) is 0 Å². The van der Waals surface area contributed by atoms with Gasteiger partial charge in [-0.3, -0.25) is 4.79 Å². The van der Waals surface area contributed by atoms with Gasteiger partial charge in [0.2, 0.25) is 0 Å². The predicted octanol–water partition coefficient (Wildman–Crippen LogP) is 3.16. The van der Waals surface area contributed by atoms with Crippen molar-refractivity contribution < 1.29 is 9.90 Å². The van der Waals surface area contributed by atoms with Crippen LogP contribution in [0.5, 0.6) is 0 Å². The van der Waals surface area contributed by atoms with Crippen molar-refractivity contribution in [1.82, 2.24) is 4.57 Å². The molecule has 2 rings (SSSR count). The molecule has 0 unspecified atom stereocenters. The van der Waals surface area contributed by atoms with Gasteiger partial charge in [0.25, 0.3) is 0 Å². The summed E-state index contributed by atoms with van der Waals surface area (Å²) in [5.74, 6) is -0.750. The van der Waals surface area contributed by atoms with Crippen LogP contribution in [0.4, 0.5) is 0 Å². The smallest absolute Gasteiger partial charge is 0.303 e. The molecule has 0 saturated heterocycles. The van der Waals surface area contributed by atoms with Crippen molar-refractivity contribution in [2.24, 2.45) is 0 Å². The second kappa shape index (κ2) is 4.58. The largest absolute Gasteiger partial charge is 0.481 e. The lowest BCUT2D eigenvalue weighted by atomic mass is 10.2. The van der Waals surface area contributed by atoms with Crippen LogP contribution in [0.15, 0.2) is 30.5 Å². The molecule has 0 fully saturated rings. The second-order valence-corrected chi connectivity index (χ2v) is 4.15. The molecule has 0 amide bonds. The highest BCUT2D eigenvalue weighted by Gasteiger charge is 2.02. The fourth-order valence-electron chi connectivity index (χ4n) is 1.77. The minimum absolute atomic E-state index is 0.202. The van der Waals surface area contributed by atoms with E-state index in [-0.39, 0.29) is 6.42 Å². The van der Waals surface area contributed by atoms with Crippen molar-refractivity contribution in [2.75, 3.05) is 0 Å². The number of aryl methyl sites for hydroxylation is 1. The predicted molar refractivity (Wildman–Crippen MR) is 63.8 cm³/mol. The lowest BCUT2D eigenvalue weighted by Crippen LogP contribution is -2.00. The minimum atomic E-state index is -0.750. The Morgan fingerprint density at radius 2 is 2.19 bits per heavy atom. The van der Waals surface area contributed by atoms with Crippen LogP contribution in [0.3, 0.4) is 0 Å². The maximum Gasteiger partial charge on any atom is 0.303 e. The average molecular weight is 238 g/mol. The first-order chi connectivity index (χ1) is 7.66. The van der Waals surface area contributed by atoms with Crippen molar-refractivity contribution in [3.8, 4) is 0 Å². The molecular weight excluding hydrogens is 226 g/mol. The number of nitrogens with zero attached hydrogens (tertiary/aromatic N) is 1. The zero-order chi connectivity index (χ0) is 11.5. The Morgan fingerprint density at radius 1 is 1.38 bits per heavy atom. The number of rotatable bonds is 4. The summed E-state index contributed by atoms with van der Waals surface area (Å²) in [6, 6.07) is 7.70. The molecule has 1 heterocycles. The molecule has 16 heavy (non-hydrogen) atoms. The molecule has 4 heteroatoms. The number of hydrogen-bond donors (Lipinski definition) is 1. The van der Waals surface area contributed by atoms with Crippen LogP contribution in [0.25, 0.3) is 10.9 Å². The molecule has 0 aliphatic rings. The molecule has 84 valence electrons. The molecule has 3 nitrogen and oxygen atoms in total. The lowest BCUT2D eigenvalue weighted by Gasteiger charge is -2.03. The van der Waals surface area contributed by atoms with Gasteiger partial charge in [0, 0.05) is 35.1 Å². The van der Waals surface area contributed by atoms with E-state index in [4.69, 9.17) is 16.7 Å². The summed E-state index contributed by atoms with van der Waals surface area (Å²) < 4.78 is 2.05. The molecule has 1 aromatic carbocycles. The van der Waals surface area contributed by atoms with E-state index < -0.39 is 5.97 Å². The number of benzene rings is 1.